The number of aliphatic hydroxyl groups is 1. The van der Waals surface area contributed by atoms with E-state index in [4.69, 9.17) is 0 Å². The molecule has 1 atom stereocenters. The third kappa shape index (κ3) is 3.97. The normalized spacial score (nSPS) is 12.9. The number of nitrogens with one attached hydrogen (secondary N) is 1. The van der Waals surface area contributed by atoms with Crippen molar-refractivity contribution >= 4 is 11.4 Å². The first kappa shape index (κ1) is 16.7. The van der Waals surface area contributed by atoms with Crippen molar-refractivity contribution in [2.24, 2.45) is 7.05 Å². The van der Waals surface area contributed by atoms with Gasteiger partial charge in [-0.1, -0.05) is 0 Å². The van der Waals surface area contributed by atoms with Crippen molar-refractivity contribution in [1.82, 2.24) is 9.78 Å². The van der Waals surface area contributed by atoms with E-state index in [1.54, 1.807) is 13.2 Å². The Morgan fingerprint density at radius 1 is 1.48 bits per heavy atom. The molecule has 0 aliphatic rings. The minimum Gasteiger partial charge on any atom is -0.386 e. The highest BCUT2D eigenvalue weighted by molar-refractivity contribution is 5.63. The van der Waals surface area contributed by atoms with Gasteiger partial charge >= 0.3 is 6.18 Å². The van der Waals surface area contributed by atoms with Crippen LogP contribution in [0.5, 0.6) is 0 Å². The summed E-state index contributed by atoms with van der Waals surface area (Å²) in [6.45, 7) is -0.113. The number of anilines is 1. The van der Waals surface area contributed by atoms with Crippen molar-refractivity contribution in [3.63, 3.8) is 0 Å². The summed E-state index contributed by atoms with van der Waals surface area (Å²) in [4.78, 5) is 10.0. The van der Waals surface area contributed by atoms with Crippen LogP contribution in [0.3, 0.4) is 0 Å². The number of hydrogen-bond donors (Lipinski definition) is 2. The van der Waals surface area contributed by atoms with E-state index < -0.39 is 28.5 Å². The van der Waals surface area contributed by atoms with Crippen molar-refractivity contribution in [3.05, 3.63) is 51.8 Å². The Kier molecular flexibility index (Phi) is 4.55. The highest BCUT2D eigenvalue weighted by atomic mass is 19.4. The predicted octanol–water partition coefficient (Wildman–Crippen LogP) is 2.49. The van der Waals surface area contributed by atoms with Crippen LogP contribution in [0.4, 0.5) is 24.5 Å². The largest absolute Gasteiger partial charge is 0.416 e. The first-order chi connectivity index (χ1) is 10.7. The molecule has 1 heterocycles. The van der Waals surface area contributed by atoms with Gasteiger partial charge < -0.3 is 10.4 Å². The van der Waals surface area contributed by atoms with Gasteiger partial charge in [0.2, 0.25) is 0 Å². The summed E-state index contributed by atoms with van der Waals surface area (Å²) in [5.74, 6) is 0. The monoisotopic (exact) mass is 330 g/mol. The summed E-state index contributed by atoms with van der Waals surface area (Å²) in [6, 6.07) is 2.17. The Morgan fingerprint density at radius 2 is 2.17 bits per heavy atom. The number of hydrogen-bond acceptors (Lipinski definition) is 5. The van der Waals surface area contributed by atoms with Gasteiger partial charge in [0.05, 0.1) is 22.8 Å². The summed E-state index contributed by atoms with van der Waals surface area (Å²) >= 11 is 0. The molecule has 10 heteroatoms. The number of benzene rings is 1. The Morgan fingerprint density at radius 3 is 2.70 bits per heavy atom. The van der Waals surface area contributed by atoms with Crippen LogP contribution in [0.15, 0.2) is 30.6 Å². The second-order valence-electron chi connectivity index (χ2n) is 4.83. The Hall–Kier alpha value is -2.62. The highest BCUT2D eigenvalue weighted by Crippen LogP contribution is 2.35. The molecule has 2 rings (SSSR count). The standard InChI is InChI=1S/C13H13F3N4O3/c1-19-7-8(5-18-19)12(21)6-17-10-3-2-9(13(14,15)16)4-11(10)20(22)23/h2-5,7,12,17,21H,6H2,1H3. The van der Waals surface area contributed by atoms with Gasteiger partial charge in [0.15, 0.2) is 0 Å². The number of aryl methyl sites for hydroxylation is 1. The lowest BCUT2D eigenvalue weighted by atomic mass is 10.1. The number of halogens is 3. The number of alkyl halides is 3. The lowest BCUT2D eigenvalue weighted by molar-refractivity contribution is -0.384. The molecule has 1 unspecified atom stereocenters. The van der Waals surface area contributed by atoms with Gasteiger partial charge in [0.25, 0.3) is 5.69 Å². The summed E-state index contributed by atoms with van der Waals surface area (Å²) in [5.41, 5.74) is -1.44. The first-order valence-corrected chi connectivity index (χ1v) is 6.44. The van der Waals surface area contributed by atoms with E-state index in [1.165, 1.54) is 10.9 Å². The van der Waals surface area contributed by atoms with Gasteiger partial charge in [0.1, 0.15) is 5.69 Å². The van der Waals surface area contributed by atoms with Gasteiger partial charge in [-0.15, -0.1) is 0 Å². The second-order valence-corrected chi connectivity index (χ2v) is 4.83. The van der Waals surface area contributed by atoms with Crippen molar-refractivity contribution in [2.75, 3.05) is 11.9 Å². The molecular formula is C13H13F3N4O3. The van der Waals surface area contributed by atoms with E-state index in [0.29, 0.717) is 11.6 Å². The summed E-state index contributed by atoms with van der Waals surface area (Å²) < 4.78 is 39.3. The Bertz CT molecular complexity index is 715. The van der Waals surface area contributed by atoms with Crippen LogP contribution < -0.4 is 5.32 Å². The highest BCUT2D eigenvalue weighted by Gasteiger charge is 2.33. The van der Waals surface area contributed by atoms with Crippen LogP contribution in [0.25, 0.3) is 0 Å². The van der Waals surface area contributed by atoms with Crippen LogP contribution in [0.2, 0.25) is 0 Å². The molecule has 0 amide bonds. The van der Waals surface area contributed by atoms with E-state index in [1.807, 2.05) is 0 Å². The molecule has 1 aromatic carbocycles. The maximum absolute atomic E-state index is 12.6. The SMILES string of the molecule is Cn1cc(C(O)CNc2ccc(C(F)(F)F)cc2[N+](=O)[O-])cn1. The number of nitro benzene ring substituents is 1. The van der Waals surface area contributed by atoms with E-state index >= 15 is 0 Å². The fourth-order valence-corrected chi connectivity index (χ4v) is 1.95. The van der Waals surface area contributed by atoms with Crippen molar-refractivity contribution in [3.8, 4) is 0 Å². The molecule has 124 valence electrons. The number of rotatable bonds is 5. The maximum Gasteiger partial charge on any atom is 0.416 e. The quantitative estimate of drug-likeness (QED) is 0.649. The maximum atomic E-state index is 12.6. The number of nitrogens with zero attached hydrogens (tertiary/aromatic N) is 3. The summed E-state index contributed by atoms with van der Waals surface area (Å²) in [5, 5.41) is 27.3. The minimum atomic E-state index is -4.67. The molecule has 2 aromatic rings. The first-order valence-electron chi connectivity index (χ1n) is 6.44. The van der Waals surface area contributed by atoms with Crippen LogP contribution in [0, 0.1) is 10.1 Å². The van der Waals surface area contributed by atoms with Crippen molar-refractivity contribution in [1.29, 1.82) is 0 Å². The lowest BCUT2D eigenvalue weighted by Crippen LogP contribution is -2.13. The fraction of sp³-hybridized carbons (Fsp3) is 0.308. The van der Waals surface area contributed by atoms with Gasteiger partial charge in [-0.05, 0) is 12.1 Å². The third-order valence-corrected chi connectivity index (χ3v) is 3.12. The molecule has 1 aromatic heterocycles. The number of aromatic nitrogens is 2. The molecule has 0 saturated carbocycles. The minimum absolute atomic E-state index is 0.106. The van der Waals surface area contributed by atoms with Crippen LogP contribution in [0.1, 0.15) is 17.2 Å². The lowest BCUT2D eigenvalue weighted by Gasteiger charge is -2.13. The zero-order valence-corrected chi connectivity index (χ0v) is 11.9. The molecule has 7 nitrogen and oxygen atoms in total. The average Bonchev–Trinajstić information content (AvgIpc) is 2.90. The molecule has 23 heavy (non-hydrogen) atoms. The van der Waals surface area contributed by atoms with Crippen molar-refractivity contribution < 1.29 is 23.2 Å². The predicted molar refractivity (Wildman–Crippen MR) is 74.8 cm³/mol. The molecule has 0 bridgehead atoms. The van der Waals surface area contributed by atoms with Gasteiger partial charge in [-0.2, -0.15) is 18.3 Å². The summed E-state index contributed by atoms with van der Waals surface area (Å²) in [6.07, 6.45) is -2.69. The fourth-order valence-electron chi connectivity index (χ4n) is 1.95. The second kappa shape index (κ2) is 6.24. The Balaban J connectivity index is 2.17. The zero-order valence-electron chi connectivity index (χ0n) is 11.9. The van der Waals surface area contributed by atoms with Gasteiger partial charge in [0, 0.05) is 31.4 Å². The molecule has 0 aliphatic heterocycles. The topological polar surface area (TPSA) is 93.2 Å². The summed E-state index contributed by atoms with van der Waals surface area (Å²) in [7, 11) is 1.66. The van der Waals surface area contributed by atoms with E-state index in [9.17, 15) is 28.4 Å². The van der Waals surface area contributed by atoms with Gasteiger partial charge in [-0.3, -0.25) is 14.8 Å². The van der Waals surface area contributed by atoms with E-state index in [0.717, 1.165) is 12.1 Å². The van der Waals surface area contributed by atoms with Crippen LogP contribution >= 0.6 is 0 Å². The molecule has 0 fully saturated rings. The molecule has 0 aliphatic carbocycles. The van der Waals surface area contributed by atoms with Gasteiger partial charge in [-0.25, -0.2) is 0 Å². The Labute approximate surface area is 128 Å². The van der Waals surface area contributed by atoms with Crippen molar-refractivity contribution in [2.45, 2.75) is 12.3 Å². The van der Waals surface area contributed by atoms with E-state index in [2.05, 4.69) is 10.4 Å². The molecule has 0 radical (unpaired) electrons. The zero-order chi connectivity index (χ0) is 17.2. The molecular weight excluding hydrogens is 317 g/mol. The average molecular weight is 330 g/mol. The third-order valence-electron chi connectivity index (χ3n) is 3.12. The molecule has 0 saturated heterocycles. The molecule has 2 N–H and O–H groups in total. The van der Waals surface area contributed by atoms with E-state index in [-0.39, 0.29) is 12.2 Å². The molecule has 0 spiro atoms. The number of nitro groups is 1. The van der Waals surface area contributed by atoms with Crippen LogP contribution in [-0.2, 0) is 13.2 Å². The smallest absolute Gasteiger partial charge is 0.386 e. The van der Waals surface area contributed by atoms with Crippen LogP contribution in [-0.4, -0.2) is 26.4 Å². The number of aliphatic hydroxyl groups excluding tert-OH is 1.